The molecule has 134 valence electrons. The molecule has 0 unspecified atom stereocenters. The summed E-state index contributed by atoms with van der Waals surface area (Å²) in [6.45, 7) is 4.38. The molecule has 0 saturated heterocycles. The van der Waals surface area contributed by atoms with Crippen LogP contribution in [0.25, 0.3) is 17.0 Å². The Kier molecular flexibility index (Phi) is 5.22. The highest BCUT2D eigenvalue weighted by Crippen LogP contribution is 2.34. The molecule has 0 spiro atoms. The molecule has 26 heavy (non-hydrogen) atoms. The van der Waals surface area contributed by atoms with Gasteiger partial charge in [0.2, 0.25) is 0 Å². The van der Waals surface area contributed by atoms with Gasteiger partial charge in [0.1, 0.15) is 11.6 Å². The van der Waals surface area contributed by atoms with Crippen molar-refractivity contribution in [3.63, 3.8) is 0 Å². The smallest absolute Gasteiger partial charge is 0.162 e. The number of nitrogens with zero attached hydrogens (tertiary/aromatic N) is 2. The minimum atomic E-state index is 0.543. The molecule has 1 heterocycles. The van der Waals surface area contributed by atoms with Crippen LogP contribution in [0, 0.1) is 0 Å². The van der Waals surface area contributed by atoms with E-state index in [1.165, 1.54) is 0 Å². The molecule has 0 amide bonds. The van der Waals surface area contributed by atoms with Gasteiger partial charge in [-0.1, -0.05) is 18.7 Å². The maximum Gasteiger partial charge on any atom is 0.162 e. The van der Waals surface area contributed by atoms with E-state index in [9.17, 15) is 0 Å². The number of anilines is 1. The highest BCUT2D eigenvalue weighted by molar-refractivity contribution is 5.92. The van der Waals surface area contributed by atoms with Gasteiger partial charge in [0, 0.05) is 18.0 Å². The molecular formula is C20H21N3O3. The summed E-state index contributed by atoms with van der Waals surface area (Å²) in [6.07, 6.45) is 1.62. The zero-order valence-electron chi connectivity index (χ0n) is 15.1. The molecule has 0 aliphatic rings. The van der Waals surface area contributed by atoms with Crippen molar-refractivity contribution in [2.45, 2.75) is 6.54 Å². The average molecular weight is 351 g/mol. The Balaban J connectivity index is 1.98. The molecule has 0 aliphatic heterocycles. The van der Waals surface area contributed by atoms with E-state index in [1.54, 1.807) is 27.4 Å². The summed E-state index contributed by atoms with van der Waals surface area (Å²) in [4.78, 5) is 9.03. The van der Waals surface area contributed by atoms with Crippen LogP contribution >= 0.6 is 0 Å². The summed E-state index contributed by atoms with van der Waals surface area (Å²) in [5.74, 6) is 3.33. The van der Waals surface area contributed by atoms with Crippen LogP contribution in [0.4, 0.5) is 5.82 Å². The monoisotopic (exact) mass is 351 g/mol. The number of hydrogen-bond acceptors (Lipinski definition) is 6. The first-order valence-corrected chi connectivity index (χ1v) is 8.11. The van der Waals surface area contributed by atoms with Crippen molar-refractivity contribution in [1.29, 1.82) is 0 Å². The lowest BCUT2D eigenvalue weighted by atomic mass is 10.2. The highest BCUT2D eigenvalue weighted by Gasteiger charge is 2.12. The van der Waals surface area contributed by atoms with Crippen molar-refractivity contribution in [3.05, 3.63) is 54.4 Å². The molecule has 3 aromatic rings. The molecule has 0 fully saturated rings. The van der Waals surface area contributed by atoms with Gasteiger partial charge in [-0.3, -0.25) is 0 Å². The van der Waals surface area contributed by atoms with Gasteiger partial charge in [0.15, 0.2) is 17.3 Å². The van der Waals surface area contributed by atoms with Gasteiger partial charge >= 0.3 is 0 Å². The third-order valence-electron chi connectivity index (χ3n) is 4.02. The average Bonchev–Trinajstić information content (AvgIpc) is 2.70. The number of methoxy groups -OCH3 is 3. The number of fused-ring (bicyclic) bond motifs is 1. The predicted octanol–water partition coefficient (Wildman–Crippen LogP) is 3.91. The summed E-state index contributed by atoms with van der Waals surface area (Å²) in [7, 11) is 4.86. The van der Waals surface area contributed by atoms with Crippen molar-refractivity contribution in [3.8, 4) is 17.2 Å². The van der Waals surface area contributed by atoms with Crippen LogP contribution in [-0.4, -0.2) is 31.3 Å². The van der Waals surface area contributed by atoms with Crippen LogP contribution in [0.15, 0.2) is 43.0 Å². The number of nitrogens with one attached hydrogen (secondary N) is 1. The summed E-state index contributed by atoms with van der Waals surface area (Å²) < 4.78 is 16.0. The van der Waals surface area contributed by atoms with Crippen molar-refractivity contribution >= 4 is 22.8 Å². The quantitative estimate of drug-likeness (QED) is 0.696. The zero-order valence-corrected chi connectivity index (χ0v) is 15.1. The molecular weight excluding hydrogens is 330 g/mol. The van der Waals surface area contributed by atoms with E-state index in [1.807, 2.05) is 36.4 Å². The molecule has 0 radical (unpaired) electrons. The largest absolute Gasteiger partial charge is 0.497 e. The summed E-state index contributed by atoms with van der Waals surface area (Å²) >= 11 is 0. The lowest BCUT2D eigenvalue weighted by Crippen LogP contribution is -2.05. The fourth-order valence-corrected chi connectivity index (χ4v) is 2.63. The van der Waals surface area contributed by atoms with E-state index in [0.717, 1.165) is 22.2 Å². The fourth-order valence-electron chi connectivity index (χ4n) is 2.63. The first kappa shape index (κ1) is 17.5. The third-order valence-corrected chi connectivity index (χ3v) is 4.02. The standard InChI is InChI=1S/C20H21N3O3/c1-5-19-22-16-11-18(26-4)17(25-3)10-15(16)20(23-19)21-12-13-6-8-14(24-2)9-7-13/h5-11H,1,12H2,2-4H3,(H,21,22,23). The number of benzene rings is 2. The van der Waals surface area contributed by atoms with E-state index in [-0.39, 0.29) is 0 Å². The second-order valence-corrected chi connectivity index (χ2v) is 5.56. The van der Waals surface area contributed by atoms with Crippen LogP contribution in [-0.2, 0) is 6.54 Å². The summed E-state index contributed by atoms with van der Waals surface area (Å²) in [5.41, 5.74) is 1.86. The molecule has 0 atom stereocenters. The van der Waals surface area contributed by atoms with Gasteiger partial charge in [0.25, 0.3) is 0 Å². The highest BCUT2D eigenvalue weighted by atomic mass is 16.5. The SMILES string of the molecule is C=Cc1nc(NCc2ccc(OC)cc2)c2cc(OC)c(OC)cc2n1. The Hall–Kier alpha value is -3.28. The lowest BCUT2D eigenvalue weighted by Gasteiger charge is -2.13. The summed E-state index contributed by atoms with van der Waals surface area (Å²) in [5, 5.41) is 4.22. The normalized spacial score (nSPS) is 10.4. The molecule has 6 heteroatoms. The second kappa shape index (κ2) is 7.74. The Morgan fingerprint density at radius 2 is 1.65 bits per heavy atom. The number of rotatable bonds is 7. The molecule has 0 aliphatic carbocycles. The van der Waals surface area contributed by atoms with Gasteiger partial charge in [0.05, 0.1) is 26.8 Å². The summed E-state index contributed by atoms with van der Waals surface area (Å²) in [6, 6.07) is 11.6. The maximum absolute atomic E-state index is 5.40. The first-order valence-electron chi connectivity index (χ1n) is 8.11. The topological polar surface area (TPSA) is 65.5 Å². The van der Waals surface area contributed by atoms with Gasteiger partial charge in [-0.05, 0) is 29.8 Å². The van der Waals surface area contributed by atoms with Crippen molar-refractivity contribution in [2.24, 2.45) is 0 Å². The minimum absolute atomic E-state index is 0.543. The van der Waals surface area contributed by atoms with E-state index < -0.39 is 0 Å². The van der Waals surface area contributed by atoms with Gasteiger partial charge in [-0.2, -0.15) is 0 Å². The Bertz CT molecular complexity index is 924. The van der Waals surface area contributed by atoms with Gasteiger partial charge in [-0.25, -0.2) is 9.97 Å². The molecule has 0 bridgehead atoms. The number of aromatic nitrogens is 2. The van der Waals surface area contributed by atoms with Crippen LogP contribution < -0.4 is 19.5 Å². The zero-order chi connectivity index (χ0) is 18.5. The fraction of sp³-hybridized carbons (Fsp3) is 0.200. The molecule has 1 aromatic heterocycles. The molecule has 0 saturated carbocycles. The Morgan fingerprint density at radius 3 is 2.27 bits per heavy atom. The molecule has 6 nitrogen and oxygen atoms in total. The van der Waals surface area contributed by atoms with Crippen molar-refractivity contribution < 1.29 is 14.2 Å². The van der Waals surface area contributed by atoms with Gasteiger partial charge < -0.3 is 19.5 Å². The second-order valence-electron chi connectivity index (χ2n) is 5.56. The predicted molar refractivity (Wildman–Crippen MR) is 103 cm³/mol. The van der Waals surface area contributed by atoms with Crippen molar-refractivity contribution in [2.75, 3.05) is 26.6 Å². The van der Waals surface area contributed by atoms with Crippen LogP contribution in [0.5, 0.6) is 17.2 Å². The van der Waals surface area contributed by atoms with E-state index in [4.69, 9.17) is 14.2 Å². The van der Waals surface area contributed by atoms with Crippen molar-refractivity contribution in [1.82, 2.24) is 9.97 Å². The Morgan fingerprint density at radius 1 is 0.962 bits per heavy atom. The van der Waals surface area contributed by atoms with Crippen LogP contribution in [0.2, 0.25) is 0 Å². The lowest BCUT2D eigenvalue weighted by molar-refractivity contribution is 0.356. The maximum atomic E-state index is 5.40. The van der Waals surface area contributed by atoms with E-state index in [2.05, 4.69) is 21.9 Å². The number of hydrogen-bond donors (Lipinski definition) is 1. The third kappa shape index (κ3) is 3.54. The van der Waals surface area contributed by atoms with Crippen LogP contribution in [0.1, 0.15) is 11.4 Å². The van der Waals surface area contributed by atoms with Gasteiger partial charge in [-0.15, -0.1) is 0 Å². The van der Waals surface area contributed by atoms with E-state index >= 15 is 0 Å². The number of ether oxygens (including phenoxy) is 3. The molecule has 3 rings (SSSR count). The van der Waals surface area contributed by atoms with Crippen LogP contribution in [0.3, 0.4) is 0 Å². The Labute approximate surface area is 152 Å². The minimum Gasteiger partial charge on any atom is -0.497 e. The molecule has 2 aromatic carbocycles. The first-order chi connectivity index (χ1) is 12.7. The van der Waals surface area contributed by atoms with E-state index in [0.29, 0.717) is 29.7 Å². The molecule has 1 N–H and O–H groups in total.